The molecule has 2 heterocycles. The maximum absolute atomic E-state index is 12.9. The van der Waals surface area contributed by atoms with Gasteiger partial charge >= 0.3 is 5.97 Å². The van der Waals surface area contributed by atoms with E-state index in [-0.39, 0.29) is 22.6 Å². The van der Waals surface area contributed by atoms with Crippen LogP contribution in [0.4, 0.5) is 5.69 Å². The van der Waals surface area contributed by atoms with E-state index in [9.17, 15) is 18.0 Å². The van der Waals surface area contributed by atoms with Gasteiger partial charge in [-0.25, -0.2) is 13.2 Å². The SMILES string of the molecule is CCOC(=O)c1c[nH]c2c(=O)[nH]c3ccc(S(=O)(=O)Nc4ccc(Cl)cc4)cc3c12. The largest absolute Gasteiger partial charge is 0.462 e. The molecule has 4 aromatic rings. The van der Waals surface area contributed by atoms with E-state index >= 15 is 0 Å². The number of benzene rings is 2. The second kappa shape index (κ2) is 7.51. The van der Waals surface area contributed by atoms with Crippen LogP contribution in [0, 0.1) is 0 Å². The summed E-state index contributed by atoms with van der Waals surface area (Å²) in [5.41, 5.74) is 0.625. The van der Waals surface area contributed by atoms with Crippen molar-refractivity contribution in [1.29, 1.82) is 0 Å². The van der Waals surface area contributed by atoms with Gasteiger partial charge in [0, 0.05) is 33.2 Å². The molecular weight excluding hydrogens is 430 g/mol. The number of carbonyl (C=O) groups excluding carboxylic acids is 1. The third kappa shape index (κ3) is 3.53. The first-order valence-electron chi connectivity index (χ1n) is 8.93. The van der Waals surface area contributed by atoms with E-state index in [0.29, 0.717) is 27.0 Å². The van der Waals surface area contributed by atoms with E-state index in [1.54, 1.807) is 31.2 Å². The van der Waals surface area contributed by atoms with Crippen molar-refractivity contribution in [1.82, 2.24) is 9.97 Å². The van der Waals surface area contributed by atoms with Crippen molar-refractivity contribution in [3.8, 4) is 0 Å². The van der Waals surface area contributed by atoms with Gasteiger partial charge in [-0.3, -0.25) is 9.52 Å². The van der Waals surface area contributed by atoms with Crippen LogP contribution in [0.2, 0.25) is 5.02 Å². The number of carbonyl (C=O) groups is 1. The van der Waals surface area contributed by atoms with Gasteiger partial charge in [-0.15, -0.1) is 0 Å². The Hall–Kier alpha value is -3.30. The lowest BCUT2D eigenvalue weighted by Gasteiger charge is -2.10. The minimum absolute atomic E-state index is 0.0330. The number of anilines is 1. The first kappa shape index (κ1) is 20.0. The Morgan fingerprint density at radius 2 is 1.90 bits per heavy atom. The van der Waals surface area contributed by atoms with Crippen LogP contribution in [0.1, 0.15) is 17.3 Å². The third-order valence-electron chi connectivity index (χ3n) is 4.52. The Balaban J connectivity index is 1.88. The van der Waals surface area contributed by atoms with Gasteiger partial charge in [0.1, 0.15) is 5.52 Å². The molecule has 30 heavy (non-hydrogen) atoms. The van der Waals surface area contributed by atoms with Crippen molar-refractivity contribution in [2.45, 2.75) is 11.8 Å². The molecule has 0 unspecified atom stereocenters. The van der Waals surface area contributed by atoms with Crippen LogP contribution < -0.4 is 10.3 Å². The van der Waals surface area contributed by atoms with Crippen molar-refractivity contribution in [3.63, 3.8) is 0 Å². The second-order valence-electron chi connectivity index (χ2n) is 6.45. The van der Waals surface area contributed by atoms with Crippen LogP contribution in [-0.4, -0.2) is 31.0 Å². The smallest absolute Gasteiger partial charge is 0.340 e. The monoisotopic (exact) mass is 445 g/mol. The van der Waals surface area contributed by atoms with Crippen molar-refractivity contribution in [2.24, 2.45) is 0 Å². The number of pyridine rings is 1. The van der Waals surface area contributed by atoms with Crippen LogP contribution in [0.25, 0.3) is 21.8 Å². The fourth-order valence-corrected chi connectivity index (χ4v) is 4.39. The van der Waals surface area contributed by atoms with E-state index in [0.717, 1.165) is 0 Å². The molecule has 0 saturated carbocycles. The number of nitrogens with one attached hydrogen (secondary N) is 3. The predicted octanol–water partition coefficient (Wildman–Crippen LogP) is 3.64. The molecular formula is C20H16ClN3O5S. The highest BCUT2D eigenvalue weighted by Crippen LogP contribution is 2.28. The fraction of sp³-hybridized carbons (Fsp3) is 0.100. The van der Waals surface area contributed by atoms with Gasteiger partial charge in [-0.05, 0) is 49.4 Å². The Kier molecular flexibility index (Phi) is 5.00. The molecule has 0 aliphatic carbocycles. The molecule has 4 rings (SSSR count). The van der Waals surface area contributed by atoms with E-state index in [1.807, 2.05) is 0 Å². The molecule has 8 nitrogen and oxygen atoms in total. The summed E-state index contributed by atoms with van der Waals surface area (Å²) >= 11 is 5.84. The number of hydrogen-bond acceptors (Lipinski definition) is 5. The van der Waals surface area contributed by atoms with Crippen molar-refractivity contribution >= 4 is 55.1 Å². The maximum Gasteiger partial charge on any atom is 0.340 e. The molecule has 0 spiro atoms. The average molecular weight is 446 g/mol. The van der Waals surface area contributed by atoms with Gasteiger partial charge < -0.3 is 14.7 Å². The number of halogens is 1. The lowest BCUT2D eigenvalue weighted by molar-refractivity contribution is 0.0529. The molecule has 0 amide bonds. The zero-order chi connectivity index (χ0) is 21.5. The first-order chi connectivity index (χ1) is 14.3. The quantitative estimate of drug-likeness (QED) is 0.405. The molecule has 3 N–H and O–H groups in total. The van der Waals surface area contributed by atoms with Crippen molar-refractivity contribution in [3.05, 3.63) is 69.6 Å². The number of esters is 1. The van der Waals surface area contributed by atoms with Crippen molar-refractivity contribution in [2.75, 3.05) is 11.3 Å². The highest BCUT2D eigenvalue weighted by Gasteiger charge is 2.21. The summed E-state index contributed by atoms with van der Waals surface area (Å²) in [6.45, 7) is 1.84. The van der Waals surface area contributed by atoms with Gasteiger partial charge in [-0.2, -0.15) is 0 Å². The molecule has 0 radical (unpaired) electrons. The zero-order valence-electron chi connectivity index (χ0n) is 15.7. The van der Waals surface area contributed by atoms with Gasteiger partial charge in [-0.1, -0.05) is 11.6 Å². The summed E-state index contributed by atoms with van der Waals surface area (Å²) in [5.74, 6) is -0.608. The van der Waals surface area contributed by atoms with E-state index in [1.165, 1.54) is 24.4 Å². The number of ether oxygens (including phenoxy) is 1. The minimum atomic E-state index is -3.93. The molecule has 154 valence electrons. The van der Waals surface area contributed by atoms with E-state index in [4.69, 9.17) is 16.3 Å². The van der Waals surface area contributed by atoms with Crippen LogP contribution in [0.15, 0.2) is 58.4 Å². The van der Waals surface area contributed by atoms with Crippen LogP contribution in [-0.2, 0) is 14.8 Å². The van der Waals surface area contributed by atoms with Crippen LogP contribution in [0.3, 0.4) is 0 Å². The topological polar surface area (TPSA) is 121 Å². The number of fused-ring (bicyclic) bond motifs is 3. The predicted molar refractivity (Wildman–Crippen MR) is 115 cm³/mol. The molecule has 0 aliphatic rings. The highest BCUT2D eigenvalue weighted by molar-refractivity contribution is 7.92. The number of rotatable bonds is 5. The maximum atomic E-state index is 12.9. The van der Waals surface area contributed by atoms with Gasteiger partial charge in [0.25, 0.3) is 15.6 Å². The minimum Gasteiger partial charge on any atom is -0.462 e. The standard InChI is InChI=1S/C20H16ClN3O5S/c1-2-29-20(26)15-10-22-18-17(15)14-9-13(7-8-16(14)23-19(18)25)30(27,28)24-12-5-3-11(21)4-6-12/h3-10,22,24H,2H2,1H3,(H,23,25). The van der Waals surface area contributed by atoms with Gasteiger partial charge in [0.2, 0.25) is 0 Å². The van der Waals surface area contributed by atoms with Crippen LogP contribution in [0.5, 0.6) is 0 Å². The Labute approximate surface area is 175 Å². The van der Waals surface area contributed by atoms with Gasteiger partial charge in [0.15, 0.2) is 0 Å². The molecule has 0 bridgehead atoms. The number of aromatic amines is 2. The molecule has 10 heteroatoms. The molecule has 2 aromatic carbocycles. The lowest BCUT2D eigenvalue weighted by atomic mass is 10.1. The normalized spacial score (nSPS) is 11.7. The summed E-state index contributed by atoms with van der Waals surface area (Å²) in [5, 5.41) is 1.18. The number of aromatic nitrogens is 2. The summed E-state index contributed by atoms with van der Waals surface area (Å²) < 4.78 is 33.3. The lowest BCUT2D eigenvalue weighted by Crippen LogP contribution is -2.13. The average Bonchev–Trinajstić information content (AvgIpc) is 3.16. The third-order valence-corrected chi connectivity index (χ3v) is 6.15. The summed E-state index contributed by atoms with van der Waals surface area (Å²) in [4.78, 5) is 30.1. The Morgan fingerprint density at radius 1 is 1.17 bits per heavy atom. The van der Waals surface area contributed by atoms with Crippen LogP contribution >= 0.6 is 11.6 Å². The van der Waals surface area contributed by atoms with E-state index < -0.39 is 21.6 Å². The Bertz CT molecular complexity index is 1440. The molecule has 0 fully saturated rings. The summed E-state index contributed by atoms with van der Waals surface area (Å²) in [7, 11) is -3.93. The first-order valence-corrected chi connectivity index (χ1v) is 10.8. The van der Waals surface area contributed by atoms with Gasteiger partial charge in [0.05, 0.1) is 17.1 Å². The summed E-state index contributed by atoms with van der Waals surface area (Å²) in [6.07, 6.45) is 1.38. The van der Waals surface area contributed by atoms with E-state index in [2.05, 4.69) is 14.7 Å². The summed E-state index contributed by atoms with van der Waals surface area (Å²) in [6, 6.07) is 10.5. The second-order valence-corrected chi connectivity index (χ2v) is 8.57. The van der Waals surface area contributed by atoms with Crippen molar-refractivity contribution < 1.29 is 17.9 Å². The zero-order valence-corrected chi connectivity index (χ0v) is 17.2. The number of hydrogen-bond donors (Lipinski definition) is 3. The Morgan fingerprint density at radius 3 is 2.60 bits per heavy atom. The number of H-pyrrole nitrogens is 2. The molecule has 0 aliphatic heterocycles. The molecule has 2 aromatic heterocycles. The fourth-order valence-electron chi connectivity index (χ4n) is 3.18. The number of sulfonamides is 1. The molecule has 0 saturated heterocycles. The molecule has 0 atom stereocenters. The highest BCUT2D eigenvalue weighted by atomic mass is 35.5.